The van der Waals surface area contributed by atoms with Gasteiger partial charge >= 0.3 is 12.1 Å². The van der Waals surface area contributed by atoms with Gasteiger partial charge in [-0.3, -0.25) is 9.35 Å². The Labute approximate surface area is 172 Å². The number of benzene rings is 2. The predicted molar refractivity (Wildman–Crippen MR) is 104 cm³/mol. The van der Waals surface area contributed by atoms with Gasteiger partial charge in [-0.1, -0.05) is 42.5 Å². The Hall–Kier alpha value is -2.99. The molecule has 30 heavy (non-hydrogen) atoms. The van der Waals surface area contributed by atoms with Gasteiger partial charge in [-0.25, -0.2) is 4.79 Å². The lowest BCUT2D eigenvalue weighted by Crippen LogP contribution is -2.36. The van der Waals surface area contributed by atoms with E-state index < -0.39 is 46.7 Å². The van der Waals surface area contributed by atoms with E-state index in [2.05, 4.69) is 5.32 Å². The Kier molecular flexibility index (Phi) is 8.30. The standard InChI is InChI=1S/C19H21NO9S/c21-16(10-11-30(25,26)27)29-15-8-6-14(7-9-15)17(18(22)23)20-19(24)28-12-13-4-2-1-3-5-13/h1-9,17-18,22-23H,10-12H2,(H,20,24)(H,25,26,27). The highest BCUT2D eigenvalue weighted by Crippen LogP contribution is 2.20. The van der Waals surface area contributed by atoms with Crippen LogP contribution in [0, 0.1) is 0 Å². The molecule has 0 bridgehead atoms. The second kappa shape index (κ2) is 10.7. The van der Waals surface area contributed by atoms with Gasteiger partial charge in [0.25, 0.3) is 10.1 Å². The van der Waals surface area contributed by atoms with Gasteiger partial charge in [0.1, 0.15) is 18.4 Å². The third-order valence-corrected chi connectivity index (χ3v) is 4.54. The fourth-order valence-corrected chi connectivity index (χ4v) is 2.78. The highest BCUT2D eigenvalue weighted by molar-refractivity contribution is 7.85. The van der Waals surface area contributed by atoms with Gasteiger partial charge in [0.15, 0.2) is 6.29 Å². The Morgan fingerprint density at radius 1 is 1.00 bits per heavy atom. The maximum Gasteiger partial charge on any atom is 0.408 e. The monoisotopic (exact) mass is 439 g/mol. The van der Waals surface area contributed by atoms with Crippen molar-refractivity contribution < 1.29 is 42.2 Å². The van der Waals surface area contributed by atoms with E-state index in [1.54, 1.807) is 24.3 Å². The molecule has 0 saturated heterocycles. The zero-order valence-corrected chi connectivity index (χ0v) is 16.5. The number of carbonyl (C=O) groups is 2. The minimum Gasteiger partial charge on any atom is -0.445 e. The van der Waals surface area contributed by atoms with E-state index in [0.29, 0.717) is 5.56 Å². The second-order valence-corrected chi connectivity index (χ2v) is 7.75. The quantitative estimate of drug-likeness (QED) is 0.194. The third-order valence-electron chi connectivity index (χ3n) is 3.82. The normalized spacial score (nSPS) is 12.3. The van der Waals surface area contributed by atoms with Crippen LogP contribution in [0.25, 0.3) is 0 Å². The van der Waals surface area contributed by atoms with Crippen LogP contribution >= 0.6 is 0 Å². The summed E-state index contributed by atoms with van der Waals surface area (Å²) in [5.41, 5.74) is 1.05. The van der Waals surface area contributed by atoms with Gasteiger partial charge in [-0.05, 0) is 23.3 Å². The van der Waals surface area contributed by atoms with Crippen LogP contribution in [0.5, 0.6) is 5.75 Å². The molecule has 2 rings (SSSR count). The molecule has 10 nitrogen and oxygen atoms in total. The number of amides is 1. The molecule has 0 aliphatic rings. The van der Waals surface area contributed by atoms with Crippen molar-refractivity contribution in [2.24, 2.45) is 0 Å². The molecule has 1 atom stereocenters. The van der Waals surface area contributed by atoms with Crippen molar-refractivity contribution in [2.75, 3.05) is 5.75 Å². The molecule has 11 heteroatoms. The van der Waals surface area contributed by atoms with Crippen molar-refractivity contribution in [3.63, 3.8) is 0 Å². The minimum absolute atomic E-state index is 0.000628. The summed E-state index contributed by atoms with van der Waals surface area (Å²) in [5, 5.41) is 21.5. The lowest BCUT2D eigenvalue weighted by molar-refractivity contribution is -0.133. The van der Waals surface area contributed by atoms with Crippen molar-refractivity contribution in [3.05, 3.63) is 65.7 Å². The van der Waals surface area contributed by atoms with Crippen LogP contribution in [0.4, 0.5) is 4.79 Å². The summed E-state index contributed by atoms with van der Waals surface area (Å²) in [7, 11) is -4.28. The van der Waals surface area contributed by atoms with Gasteiger partial charge < -0.3 is 25.0 Å². The van der Waals surface area contributed by atoms with Crippen LogP contribution in [-0.4, -0.2) is 47.3 Å². The topological polar surface area (TPSA) is 159 Å². The van der Waals surface area contributed by atoms with Gasteiger partial charge in [0, 0.05) is 0 Å². The highest BCUT2D eigenvalue weighted by Gasteiger charge is 2.22. The first-order chi connectivity index (χ1) is 14.1. The first-order valence-electron chi connectivity index (χ1n) is 8.73. The molecule has 162 valence electrons. The molecule has 0 aromatic heterocycles. The Bertz CT molecular complexity index is 944. The van der Waals surface area contributed by atoms with Gasteiger partial charge in [0.2, 0.25) is 0 Å². The third kappa shape index (κ3) is 8.17. The van der Waals surface area contributed by atoms with E-state index in [4.69, 9.17) is 14.0 Å². The SMILES string of the molecule is O=C(CCS(=O)(=O)O)Oc1ccc(C(NC(=O)OCc2ccccc2)C(O)O)cc1. The van der Waals surface area contributed by atoms with E-state index in [1.807, 2.05) is 6.07 Å². The average molecular weight is 439 g/mol. The number of esters is 1. The number of aliphatic hydroxyl groups is 2. The molecule has 2 aromatic rings. The number of hydrogen-bond acceptors (Lipinski definition) is 8. The minimum atomic E-state index is -4.28. The summed E-state index contributed by atoms with van der Waals surface area (Å²) in [4.78, 5) is 23.5. The zero-order valence-electron chi connectivity index (χ0n) is 15.7. The molecule has 0 heterocycles. The molecular formula is C19H21NO9S. The Morgan fingerprint density at radius 3 is 2.20 bits per heavy atom. The van der Waals surface area contributed by atoms with Crippen LogP contribution in [0.2, 0.25) is 0 Å². The maximum atomic E-state index is 12.0. The smallest absolute Gasteiger partial charge is 0.408 e. The number of nitrogens with one attached hydrogen (secondary N) is 1. The Balaban J connectivity index is 1.93. The number of aliphatic hydroxyl groups excluding tert-OH is 1. The Morgan fingerprint density at radius 2 is 1.63 bits per heavy atom. The number of rotatable bonds is 9. The average Bonchev–Trinajstić information content (AvgIpc) is 2.70. The zero-order chi connectivity index (χ0) is 22.1. The summed E-state index contributed by atoms with van der Waals surface area (Å²) in [6.45, 7) is -0.000628. The summed E-state index contributed by atoms with van der Waals surface area (Å²) in [6, 6.07) is 13.1. The highest BCUT2D eigenvalue weighted by atomic mass is 32.2. The molecule has 0 fully saturated rings. The second-order valence-electron chi connectivity index (χ2n) is 6.18. The first-order valence-corrected chi connectivity index (χ1v) is 10.3. The van der Waals surface area contributed by atoms with Crippen LogP contribution in [0.1, 0.15) is 23.6 Å². The molecule has 0 radical (unpaired) electrons. The molecule has 1 unspecified atom stereocenters. The largest absolute Gasteiger partial charge is 0.445 e. The molecule has 4 N–H and O–H groups in total. The molecule has 0 aliphatic heterocycles. The van der Waals surface area contributed by atoms with Crippen molar-refractivity contribution >= 4 is 22.2 Å². The predicted octanol–water partition coefficient (Wildman–Crippen LogP) is 1.15. The van der Waals surface area contributed by atoms with Crippen LogP contribution in [0.15, 0.2) is 54.6 Å². The number of ether oxygens (including phenoxy) is 2. The van der Waals surface area contributed by atoms with E-state index in [9.17, 15) is 28.2 Å². The van der Waals surface area contributed by atoms with Crippen molar-refractivity contribution in [1.29, 1.82) is 0 Å². The summed E-state index contributed by atoms with van der Waals surface area (Å²) >= 11 is 0. The summed E-state index contributed by atoms with van der Waals surface area (Å²) in [5.74, 6) is -1.57. The first kappa shape index (κ1) is 23.3. The maximum absolute atomic E-state index is 12.0. The van der Waals surface area contributed by atoms with Gasteiger partial charge in [-0.2, -0.15) is 8.42 Å². The molecule has 1 amide bonds. The summed E-state index contributed by atoms with van der Waals surface area (Å²) in [6.07, 6.45) is -3.33. The fourth-order valence-electron chi connectivity index (χ4n) is 2.36. The van der Waals surface area contributed by atoms with Gasteiger partial charge in [0.05, 0.1) is 12.2 Å². The van der Waals surface area contributed by atoms with Crippen LogP contribution in [-0.2, 0) is 26.3 Å². The van der Waals surface area contributed by atoms with Crippen LogP contribution in [0.3, 0.4) is 0 Å². The van der Waals surface area contributed by atoms with E-state index in [1.165, 1.54) is 24.3 Å². The summed E-state index contributed by atoms with van der Waals surface area (Å²) < 4.78 is 39.9. The molecule has 0 aliphatic carbocycles. The molecule has 0 saturated carbocycles. The van der Waals surface area contributed by atoms with E-state index in [0.717, 1.165) is 5.56 Å². The molecular weight excluding hydrogens is 418 g/mol. The lowest BCUT2D eigenvalue weighted by atomic mass is 10.1. The number of carbonyl (C=O) groups excluding carboxylic acids is 2. The number of alkyl carbamates (subject to hydrolysis) is 1. The van der Waals surface area contributed by atoms with Gasteiger partial charge in [-0.15, -0.1) is 0 Å². The lowest BCUT2D eigenvalue weighted by Gasteiger charge is -2.21. The fraction of sp³-hybridized carbons (Fsp3) is 0.263. The number of hydrogen-bond donors (Lipinski definition) is 4. The van der Waals surface area contributed by atoms with Crippen molar-refractivity contribution in [3.8, 4) is 5.75 Å². The van der Waals surface area contributed by atoms with E-state index in [-0.39, 0.29) is 12.4 Å². The molecule has 0 spiro atoms. The molecule has 2 aromatic carbocycles. The van der Waals surface area contributed by atoms with Crippen molar-refractivity contribution in [2.45, 2.75) is 25.4 Å². The van der Waals surface area contributed by atoms with E-state index >= 15 is 0 Å². The van der Waals surface area contributed by atoms with Crippen molar-refractivity contribution in [1.82, 2.24) is 5.32 Å². The van der Waals surface area contributed by atoms with Crippen LogP contribution < -0.4 is 10.1 Å².